The Bertz CT molecular complexity index is 503. The summed E-state index contributed by atoms with van der Waals surface area (Å²) in [5.74, 6) is 0.214. The highest BCUT2D eigenvalue weighted by atomic mass is 32.1. The average molecular weight is 294 g/mol. The van der Waals surface area contributed by atoms with Crippen molar-refractivity contribution in [2.24, 2.45) is 5.41 Å². The molecule has 0 saturated carbocycles. The number of hydrogen-bond acceptors (Lipinski definition) is 5. The van der Waals surface area contributed by atoms with E-state index in [0.29, 0.717) is 11.8 Å². The van der Waals surface area contributed by atoms with Crippen molar-refractivity contribution < 1.29 is 4.79 Å². The zero-order valence-corrected chi connectivity index (χ0v) is 13.1. The summed E-state index contributed by atoms with van der Waals surface area (Å²) < 4.78 is 0. The Hall–Kier alpha value is -1.01. The van der Waals surface area contributed by atoms with Crippen LogP contribution in [-0.4, -0.2) is 59.1 Å². The predicted octanol–water partition coefficient (Wildman–Crippen LogP) is 1.33. The molecule has 0 aliphatic carbocycles. The van der Waals surface area contributed by atoms with Gasteiger partial charge in [0.2, 0.25) is 5.91 Å². The second kappa shape index (κ2) is 5.41. The van der Waals surface area contributed by atoms with Crippen LogP contribution in [0.3, 0.4) is 0 Å². The van der Waals surface area contributed by atoms with E-state index in [1.165, 1.54) is 30.7 Å². The topological polar surface area (TPSA) is 49.3 Å². The first-order valence-corrected chi connectivity index (χ1v) is 8.13. The number of nitrogens with zero attached hydrogens (tertiary/aromatic N) is 4. The van der Waals surface area contributed by atoms with Crippen molar-refractivity contribution in [3.05, 3.63) is 10.0 Å². The van der Waals surface area contributed by atoms with Crippen molar-refractivity contribution in [1.29, 1.82) is 0 Å². The molecular formula is C14H22N4OS. The lowest BCUT2D eigenvalue weighted by Gasteiger charge is -2.38. The molecule has 2 saturated heterocycles. The molecule has 1 aromatic rings. The van der Waals surface area contributed by atoms with Crippen LogP contribution in [0.15, 0.2) is 0 Å². The van der Waals surface area contributed by atoms with Gasteiger partial charge in [-0.15, -0.1) is 21.5 Å². The molecule has 0 bridgehead atoms. The van der Waals surface area contributed by atoms with Crippen LogP contribution in [0.25, 0.3) is 0 Å². The lowest BCUT2D eigenvalue weighted by atomic mass is 9.79. The third-order valence-corrected chi connectivity index (χ3v) is 5.35. The van der Waals surface area contributed by atoms with Crippen LogP contribution < -0.4 is 0 Å². The Balaban J connectivity index is 1.60. The van der Waals surface area contributed by atoms with Gasteiger partial charge in [0.1, 0.15) is 10.0 Å². The molecule has 1 spiro atoms. The molecule has 1 amide bonds. The summed E-state index contributed by atoms with van der Waals surface area (Å²) in [5, 5.41) is 9.81. The molecule has 5 nitrogen and oxygen atoms in total. The molecule has 3 rings (SSSR count). The smallest absolute Gasteiger partial charge is 0.229 e. The van der Waals surface area contributed by atoms with E-state index in [2.05, 4.69) is 22.1 Å². The fourth-order valence-corrected chi connectivity index (χ4v) is 4.29. The number of amides is 1. The molecule has 0 radical (unpaired) electrons. The number of piperidine rings is 1. The third kappa shape index (κ3) is 2.86. The van der Waals surface area contributed by atoms with E-state index in [1.54, 1.807) is 0 Å². The second-order valence-electron chi connectivity index (χ2n) is 6.30. The highest BCUT2D eigenvalue weighted by molar-refractivity contribution is 7.11. The van der Waals surface area contributed by atoms with Gasteiger partial charge in [-0.05, 0) is 39.8 Å². The molecule has 110 valence electrons. The van der Waals surface area contributed by atoms with E-state index in [1.807, 2.05) is 11.8 Å². The van der Waals surface area contributed by atoms with Crippen LogP contribution in [0, 0.1) is 12.3 Å². The summed E-state index contributed by atoms with van der Waals surface area (Å²) >= 11 is 1.52. The van der Waals surface area contributed by atoms with Gasteiger partial charge < -0.3 is 9.80 Å². The van der Waals surface area contributed by atoms with Gasteiger partial charge in [0.25, 0.3) is 0 Å². The third-order valence-electron chi connectivity index (χ3n) is 4.51. The number of rotatable bonds is 2. The number of aromatic nitrogens is 2. The van der Waals surface area contributed by atoms with Crippen molar-refractivity contribution in [3.8, 4) is 0 Å². The molecule has 0 aromatic carbocycles. The quantitative estimate of drug-likeness (QED) is 0.826. The highest BCUT2D eigenvalue weighted by Crippen LogP contribution is 2.38. The fraction of sp³-hybridized carbons (Fsp3) is 0.786. The molecule has 1 atom stereocenters. The van der Waals surface area contributed by atoms with Crippen molar-refractivity contribution >= 4 is 17.2 Å². The Morgan fingerprint density at radius 2 is 2.15 bits per heavy atom. The Labute approximate surface area is 124 Å². The zero-order valence-electron chi connectivity index (χ0n) is 12.3. The van der Waals surface area contributed by atoms with Gasteiger partial charge in [-0.25, -0.2) is 0 Å². The van der Waals surface area contributed by atoms with Gasteiger partial charge in [0.15, 0.2) is 0 Å². The van der Waals surface area contributed by atoms with Crippen molar-refractivity contribution in [3.63, 3.8) is 0 Å². The van der Waals surface area contributed by atoms with Gasteiger partial charge >= 0.3 is 0 Å². The first-order valence-electron chi connectivity index (χ1n) is 7.32. The van der Waals surface area contributed by atoms with E-state index in [-0.39, 0.29) is 5.91 Å². The van der Waals surface area contributed by atoms with Crippen molar-refractivity contribution in [2.45, 2.75) is 32.6 Å². The maximum atomic E-state index is 12.4. The molecule has 3 heterocycles. The van der Waals surface area contributed by atoms with Crippen molar-refractivity contribution in [2.75, 3.05) is 33.2 Å². The van der Waals surface area contributed by atoms with Gasteiger partial charge in [-0.2, -0.15) is 0 Å². The average Bonchev–Trinajstić information content (AvgIpc) is 2.97. The summed E-state index contributed by atoms with van der Waals surface area (Å²) in [6.45, 7) is 6.08. The first-order chi connectivity index (χ1) is 9.56. The molecule has 20 heavy (non-hydrogen) atoms. The molecule has 6 heteroatoms. The normalized spacial score (nSPS) is 27.4. The number of aryl methyl sites for hydroxylation is 1. The highest BCUT2D eigenvalue weighted by Gasteiger charge is 2.41. The zero-order chi connectivity index (χ0) is 14.2. The molecule has 0 N–H and O–H groups in total. The molecule has 1 unspecified atom stereocenters. The number of likely N-dealkylation sites (tertiary alicyclic amines) is 2. The maximum Gasteiger partial charge on any atom is 0.229 e. The van der Waals surface area contributed by atoms with Gasteiger partial charge in [-0.1, -0.05) is 0 Å². The van der Waals surface area contributed by atoms with E-state index in [9.17, 15) is 4.79 Å². The molecular weight excluding hydrogens is 272 g/mol. The van der Waals surface area contributed by atoms with Crippen molar-refractivity contribution in [1.82, 2.24) is 20.0 Å². The Morgan fingerprint density at radius 3 is 2.85 bits per heavy atom. The molecule has 2 aliphatic heterocycles. The minimum Gasteiger partial charge on any atom is -0.342 e. The van der Waals surface area contributed by atoms with Gasteiger partial charge in [0, 0.05) is 25.0 Å². The summed E-state index contributed by atoms with van der Waals surface area (Å²) in [4.78, 5) is 16.8. The number of carbonyl (C=O) groups is 1. The summed E-state index contributed by atoms with van der Waals surface area (Å²) in [7, 11) is 2.19. The van der Waals surface area contributed by atoms with Crippen LogP contribution in [0.1, 0.15) is 29.3 Å². The van der Waals surface area contributed by atoms with Crippen LogP contribution in [-0.2, 0) is 11.2 Å². The molecule has 1 aromatic heterocycles. The lowest BCUT2D eigenvalue weighted by molar-refractivity contribution is -0.130. The maximum absolute atomic E-state index is 12.4. The minimum atomic E-state index is 0.214. The SMILES string of the molecule is Cc1nnc(CC(=O)N2CCC3(CCCN(C)C3)C2)s1. The summed E-state index contributed by atoms with van der Waals surface area (Å²) in [6.07, 6.45) is 4.09. The minimum absolute atomic E-state index is 0.214. The fourth-order valence-electron chi connectivity index (χ4n) is 3.59. The Morgan fingerprint density at radius 1 is 1.30 bits per heavy atom. The largest absolute Gasteiger partial charge is 0.342 e. The van der Waals surface area contributed by atoms with E-state index >= 15 is 0 Å². The standard InChI is InChI=1S/C14H22N4OS/c1-11-15-16-12(20-11)8-13(19)18-7-5-14(10-18)4-3-6-17(2)9-14/h3-10H2,1-2H3. The van der Waals surface area contributed by atoms with Crippen LogP contribution in [0.4, 0.5) is 0 Å². The molecule has 2 fully saturated rings. The number of hydrogen-bond donors (Lipinski definition) is 0. The van der Waals surface area contributed by atoms with Gasteiger partial charge in [0.05, 0.1) is 6.42 Å². The Kier molecular flexibility index (Phi) is 3.77. The van der Waals surface area contributed by atoms with Crippen LogP contribution >= 0.6 is 11.3 Å². The van der Waals surface area contributed by atoms with Crippen LogP contribution in [0.2, 0.25) is 0 Å². The van der Waals surface area contributed by atoms with E-state index in [4.69, 9.17) is 0 Å². The predicted molar refractivity (Wildman–Crippen MR) is 78.7 cm³/mol. The second-order valence-corrected chi connectivity index (χ2v) is 7.56. The lowest BCUT2D eigenvalue weighted by Crippen LogP contribution is -2.43. The van der Waals surface area contributed by atoms with Gasteiger partial charge in [-0.3, -0.25) is 4.79 Å². The van der Waals surface area contributed by atoms with E-state index in [0.717, 1.165) is 36.1 Å². The van der Waals surface area contributed by atoms with Crippen LogP contribution in [0.5, 0.6) is 0 Å². The first kappa shape index (κ1) is 13.9. The van der Waals surface area contributed by atoms with E-state index < -0.39 is 0 Å². The summed E-state index contributed by atoms with van der Waals surface area (Å²) in [6, 6.07) is 0. The monoisotopic (exact) mass is 294 g/mol. The molecule has 2 aliphatic rings. The summed E-state index contributed by atoms with van der Waals surface area (Å²) in [5.41, 5.74) is 0.347. The number of carbonyl (C=O) groups excluding carboxylic acids is 1.